The van der Waals surface area contributed by atoms with Gasteiger partial charge in [0, 0.05) is 5.69 Å². The van der Waals surface area contributed by atoms with Gasteiger partial charge in [-0.2, -0.15) is 0 Å². The van der Waals surface area contributed by atoms with Crippen molar-refractivity contribution in [2.45, 2.75) is 57.6 Å². The summed E-state index contributed by atoms with van der Waals surface area (Å²) in [5.41, 5.74) is 2.58. The number of para-hydroxylation sites is 1. The van der Waals surface area contributed by atoms with Crippen molar-refractivity contribution in [3.63, 3.8) is 0 Å². The standard InChI is InChI=1S/C15H23NO/c1-2-7-12-8-3-4-9-13(12)16-14-10-5-6-11-15(14)17/h3-4,8-9,14-17H,2,5-7,10-11H2,1H3. The SMILES string of the molecule is CCCc1ccccc1NC1CCCCC1O. The summed E-state index contributed by atoms with van der Waals surface area (Å²) in [5, 5.41) is 13.5. The second kappa shape index (κ2) is 6.06. The van der Waals surface area contributed by atoms with Crippen LogP contribution < -0.4 is 5.32 Å². The predicted octanol–water partition coefficient (Wildman–Crippen LogP) is 3.35. The van der Waals surface area contributed by atoms with Gasteiger partial charge in [0.25, 0.3) is 0 Å². The molecule has 2 rings (SSSR count). The molecule has 0 heterocycles. The zero-order valence-electron chi connectivity index (χ0n) is 10.7. The second-order valence-corrected chi connectivity index (χ2v) is 5.01. The third-order valence-corrected chi connectivity index (χ3v) is 3.61. The highest BCUT2D eigenvalue weighted by Gasteiger charge is 2.23. The lowest BCUT2D eigenvalue weighted by molar-refractivity contribution is 0.116. The normalized spacial score (nSPS) is 24.6. The molecule has 1 aromatic carbocycles. The van der Waals surface area contributed by atoms with Crippen molar-refractivity contribution in [1.29, 1.82) is 0 Å². The van der Waals surface area contributed by atoms with Crippen LogP contribution in [0.1, 0.15) is 44.6 Å². The summed E-state index contributed by atoms with van der Waals surface area (Å²) in [7, 11) is 0. The van der Waals surface area contributed by atoms with Crippen LogP contribution >= 0.6 is 0 Å². The summed E-state index contributed by atoms with van der Waals surface area (Å²) in [6.45, 7) is 2.20. The van der Waals surface area contributed by atoms with Gasteiger partial charge in [-0.1, -0.05) is 44.4 Å². The van der Waals surface area contributed by atoms with Gasteiger partial charge in [0.2, 0.25) is 0 Å². The largest absolute Gasteiger partial charge is 0.391 e. The highest BCUT2D eigenvalue weighted by atomic mass is 16.3. The van der Waals surface area contributed by atoms with Crippen LogP contribution in [0.5, 0.6) is 0 Å². The van der Waals surface area contributed by atoms with E-state index in [-0.39, 0.29) is 12.1 Å². The molecule has 1 fully saturated rings. The molecule has 0 aromatic heterocycles. The topological polar surface area (TPSA) is 32.3 Å². The van der Waals surface area contributed by atoms with Crippen LogP contribution in [0.15, 0.2) is 24.3 Å². The Bertz CT molecular complexity index is 351. The molecule has 0 saturated heterocycles. The highest BCUT2D eigenvalue weighted by Crippen LogP contribution is 2.24. The molecule has 1 aromatic rings. The van der Waals surface area contributed by atoms with Gasteiger partial charge < -0.3 is 10.4 Å². The quantitative estimate of drug-likeness (QED) is 0.836. The Hall–Kier alpha value is -1.02. The molecule has 2 N–H and O–H groups in total. The van der Waals surface area contributed by atoms with Crippen molar-refractivity contribution in [3.8, 4) is 0 Å². The summed E-state index contributed by atoms with van der Waals surface area (Å²) in [4.78, 5) is 0. The van der Waals surface area contributed by atoms with E-state index in [1.54, 1.807) is 0 Å². The van der Waals surface area contributed by atoms with Crippen molar-refractivity contribution < 1.29 is 5.11 Å². The molecule has 0 amide bonds. The molecule has 0 spiro atoms. The van der Waals surface area contributed by atoms with Gasteiger partial charge in [0.15, 0.2) is 0 Å². The molecule has 2 nitrogen and oxygen atoms in total. The molecule has 2 atom stereocenters. The number of aliphatic hydroxyl groups is 1. The smallest absolute Gasteiger partial charge is 0.0741 e. The lowest BCUT2D eigenvalue weighted by Crippen LogP contribution is -2.36. The Kier molecular flexibility index (Phi) is 4.43. The third kappa shape index (κ3) is 3.22. The summed E-state index contributed by atoms with van der Waals surface area (Å²) in [5.74, 6) is 0. The van der Waals surface area contributed by atoms with Crippen LogP contribution in [0.3, 0.4) is 0 Å². The minimum absolute atomic E-state index is 0.182. The van der Waals surface area contributed by atoms with Crippen LogP contribution in [0.4, 0.5) is 5.69 Å². The van der Waals surface area contributed by atoms with Gasteiger partial charge in [-0.25, -0.2) is 0 Å². The van der Waals surface area contributed by atoms with E-state index in [1.165, 1.54) is 17.7 Å². The maximum Gasteiger partial charge on any atom is 0.0741 e. The van der Waals surface area contributed by atoms with Crippen LogP contribution in [-0.2, 0) is 6.42 Å². The van der Waals surface area contributed by atoms with E-state index in [2.05, 4.69) is 36.5 Å². The number of rotatable bonds is 4. The number of aliphatic hydroxyl groups excluding tert-OH is 1. The average Bonchev–Trinajstić information content (AvgIpc) is 2.35. The second-order valence-electron chi connectivity index (χ2n) is 5.01. The lowest BCUT2D eigenvalue weighted by Gasteiger charge is -2.30. The van der Waals surface area contributed by atoms with Crippen molar-refractivity contribution in [1.82, 2.24) is 0 Å². The van der Waals surface area contributed by atoms with Crippen molar-refractivity contribution in [3.05, 3.63) is 29.8 Å². The molecule has 17 heavy (non-hydrogen) atoms. The van der Waals surface area contributed by atoms with Crippen molar-refractivity contribution >= 4 is 5.69 Å². The summed E-state index contributed by atoms with van der Waals surface area (Å²) < 4.78 is 0. The number of nitrogens with one attached hydrogen (secondary N) is 1. The lowest BCUT2D eigenvalue weighted by atomic mass is 9.92. The van der Waals surface area contributed by atoms with Gasteiger partial charge in [0.1, 0.15) is 0 Å². The Labute approximate surface area is 104 Å². The number of benzene rings is 1. The molecule has 0 aliphatic heterocycles. The first-order valence-corrected chi connectivity index (χ1v) is 6.83. The minimum Gasteiger partial charge on any atom is -0.391 e. The van der Waals surface area contributed by atoms with Crippen LogP contribution in [-0.4, -0.2) is 17.3 Å². The monoisotopic (exact) mass is 233 g/mol. The molecule has 0 radical (unpaired) electrons. The highest BCUT2D eigenvalue weighted by molar-refractivity contribution is 5.52. The number of aryl methyl sites for hydroxylation is 1. The molecule has 1 aliphatic carbocycles. The summed E-state index contributed by atoms with van der Waals surface area (Å²) in [6, 6.07) is 8.71. The zero-order valence-corrected chi connectivity index (χ0v) is 10.7. The fraction of sp³-hybridized carbons (Fsp3) is 0.600. The number of hydrogen-bond donors (Lipinski definition) is 2. The first-order chi connectivity index (χ1) is 8.31. The zero-order chi connectivity index (χ0) is 12.1. The van der Waals surface area contributed by atoms with Crippen molar-refractivity contribution in [2.75, 3.05) is 5.32 Å². The molecule has 2 heteroatoms. The maximum atomic E-state index is 9.99. The van der Waals surface area contributed by atoms with Gasteiger partial charge in [-0.15, -0.1) is 0 Å². The third-order valence-electron chi connectivity index (χ3n) is 3.61. The molecular weight excluding hydrogens is 210 g/mol. The van der Waals surface area contributed by atoms with E-state index in [9.17, 15) is 5.11 Å². The Morgan fingerprint density at radius 2 is 2.00 bits per heavy atom. The van der Waals surface area contributed by atoms with Crippen LogP contribution in [0.25, 0.3) is 0 Å². The Balaban J connectivity index is 2.06. The molecule has 1 aliphatic rings. The Morgan fingerprint density at radius 1 is 1.24 bits per heavy atom. The molecule has 0 bridgehead atoms. The van der Waals surface area contributed by atoms with Crippen LogP contribution in [0.2, 0.25) is 0 Å². The van der Waals surface area contributed by atoms with Crippen LogP contribution in [0, 0.1) is 0 Å². The van der Waals surface area contributed by atoms with E-state index in [0.717, 1.165) is 32.1 Å². The van der Waals surface area contributed by atoms with Gasteiger partial charge >= 0.3 is 0 Å². The molecular formula is C15H23NO. The van der Waals surface area contributed by atoms with Crippen molar-refractivity contribution in [2.24, 2.45) is 0 Å². The average molecular weight is 233 g/mol. The fourth-order valence-electron chi connectivity index (χ4n) is 2.63. The minimum atomic E-state index is -0.182. The predicted molar refractivity (Wildman–Crippen MR) is 72.3 cm³/mol. The van der Waals surface area contributed by atoms with Gasteiger partial charge in [0.05, 0.1) is 12.1 Å². The summed E-state index contributed by atoms with van der Waals surface area (Å²) >= 11 is 0. The first kappa shape index (κ1) is 12.4. The van der Waals surface area contributed by atoms with E-state index in [0.29, 0.717) is 0 Å². The maximum absolute atomic E-state index is 9.99. The first-order valence-electron chi connectivity index (χ1n) is 6.83. The van der Waals surface area contributed by atoms with E-state index in [4.69, 9.17) is 0 Å². The molecule has 94 valence electrons. The number of anilines is 1. The van der Waals surface area contributed by atoms with Gasteiger partial charge in [-0.3, -0.25) is 0 Å². The van der Waals surface area contributed by atoms with E-state index < -0.39 is 0 Å². The summed E-state index contributed by atoms with van der Waals surface area (Å²) in [6.07, 6.45) is 6.49. The van der Waals surface area contributed by atoms with E-state index >= 15 is 0 Å². The molecule has 2 unspecified atom stereocenters. The molecule has 1 saturated carbocycles. The van der Waals surface area contributed by atoms with Gasteiger partial charge in [-0.05, 0) is 30.9 Å². The Morgan fingerprint density at radius 3 is 2.76 bits per heavy atom. The fourth-order valence-corrected chi connectivity index (χ4v) is 2.63. The number of hydrogen-bond acceptors (Lipinski definition) is 2. The van der Waals surface area contributed by atoms with E-state index in [1.807, 2.05) is 0 Å².